The summed E-state index contributed by atoms with van der Waals surface area (Å²) < 4.78 is 0. The topological polar surface area (TPSA) is 43.8 Å². The number of rotatable bonds is 2. The summed E-state index contributed by atoms with van der Waals surface area (Å²) in [6, 6.07) is 0.573. The molecular weight excluding hydrogens is 408 g/mol. The fourth-order valence-corrected chi connectivity index (χ4v) is 10.2. The molecule has 0 aromatic rings. The number of aliphatic hydroxyl groups is 1. The van der Waals surface area contributed by atoms with Crippen LogP contribution in [-0.4, -0.2) is 65.1 Å². The third kappa shape index (κ3) is 3.59. The molecule has 2 aliphatic heterocycles. The van der Waals surface area contributed by atoms with Crippen molar-refractivity contribution >= 4 is 5.78 Å². The van der Waals surface area contributed by atoms with Gasteiger partial charge in [-0.05, 0) is 126 Å². The van der Waals surface area contributed by atoms with Gasteiger partial charge in [-0.15, -0.1) is 0 Å². The summed E-state index contributed by atoms with van der Waals surface area (Å²) in [7, 11) is 0. The number of hydrogen-bond acceptors (Lipinski definition) is 4. The Labute approximate surface area is 201 Å². The number of hydrogen-bond donors (Lipinski definition) is 1. The second-order valence-corrected chi connectivity index (χ2v) is 13.5. The zero-order chi connectivity index (χ0) is 22.8. The summed E-state index contributed by atoms with van der Waals surface area (Å²) in [6.07, 6.45) is 16.0. The maximum atomic E-state index is 13.8. The minimum atomic E-state index is -0.136. The van der Waals surface area contributed by atoms with Crippen molar-refractivity contribution in [1.82, 2.24) is 9.80 Å². The van der Waals surface area contributed by atoms with Crippen LogP contribution in [0.5, 0.6) is 0 Å². The van der Waals surface area contributed by atoms with Crippen LogP contribution < -0.4 is 0 Å². The molecule has 4 saturated carbocycles. The minimum absolute atomic E-state index is 0.0765. The zero-order valence-electron chi connectivity index (χ0n) is 21.3. The second kappa shape index (κ2) is 8.59. The Hall–Kier alpha value is -0.450. The van der Waals surface area contributed by atoms with Gasteiger partial charge < -0.3 is 5.11 Å². The Morgan fingerprint density at radius 3 is 2.18 bits per heavy atom. The van der Waals surface area contributed by atoms with Gasteiger partial charge in [-0.1, -0.05) is 26.7 Å². The Balaban J connectivity index is 1.24. The number of piperidine rings is 2. The number of carbonyl (C=O) groups excluding carboxylic acids is 1. The quantitative estimate of drug-likeness (QED) is 0.643. The lowest BCUT2D eigenvalue weighted by atomic mass is 9.44. The molecule has 6 rings (SSSR count). The fraction of sp³-hybridized carbons (Fsp3) is 0.966. The third-order valence-electron chi connectivity index (χ3n) is 12.1. The van der Waals surface area contributed by atoms with E-state index in [0.29, 0.717) is 29.1 Å². The van der Waals surface area contributed by atoms with Gasteiger partial charge in [0, 0.05) is 11.5 Å². The van der Waals surface area contributed by atoms with E-state index in [1.807, 2.05) is 0 Å². The molecule has 0 aromatic carbocycles. The maximum absolute atomic E-state index is 13.8. The summed E-state index contributed by atoms with van der Waals surface area (Å²) in [6.45, 7) is 9.62. The standard InChI is InChI=1S/C29H48N2O2/c1-28-12-11-22-21(23(28)18-24(27(28)33)30-13-5-3-6-14-30)10-9-20-17-26(32)25(19-29(20,22)2)31-15-7-4-8-16-31/h20-26,32H,3-19H2,1-2H3/t20-,21+,22-,23-,24-,25-,26-,28-,29-/m0/s1. The first-order chi connectivity index (χ1) is 15.9. The van der Waals surface area contributed by atoms with E-state index >= 15 is 0 Å². The lowest BCUT2D eigenvalue weighted by Gasteiger charge is -2.62. The molecule has 0 amide bonds. The van der Waals surface area contributed by atoms with Crippen LogP contribution in [0.3, 0.4) is 0 Å². The van der Waals surface area contributed by atoms with Crippen LogP contribution in [0.4, 0.5) is 0 Å². The van der Waals surface area contributed by atoms with Crippen LogP contribution in [0.2, 0.25) is 0 Å². The smallest absolute Gasteiger partial charge is 0.156 e. The highest BCUT2D eigenvalue weighted by molar-refractivity contribution is 5.92. The lowest BCUT2D eigenvalue weighted by molar-refractivity contribution is -0.153. The number of carbonyl (C=O) groups is 1. The van der Waals surface area contributed by atoms with Crippen LogP contribution in [0.25, 0.3) is 0 Å². The number of nitrogens with zero attached hydrogens (tertiary/aromatic N) is 2. The van der Waals surface area contributed by atoms with Gasteiger partial charge in [0.15, 0.2) is 5.78 Å². The Bertz CT molecular complexity index is 744. The molecule has 4 heteroatoms. The molecular formula is C29H48N2O2. The van der Waals surface area contributed by atoms with Crippen molar-refractivity contribution in [2.75, 3.05) is 26.2 Å². The van der Waals surface area contributed by atoms with E-state index < -0.39 is 0 Å². The van der Waals surface area contributed by atoms with Gasteiger partial charge in [0.25, 0.3) is 0 Å². The first kappa shape index (κ1) is 23.0. The first-order valence-corrected chi connectivity index (χ1v) is 14.6. The van der Waals surface area contributed by atoms with Crippen molar-refractivity contribution in [3.8, 4) is 0 Å². The highest BCUT2D eigenvalue weighted by Gasteiger charge is 2.63. The third-order valence-corrected chi connectivity index (χ3v) is 12.1. The Morgan fingerprint density at radius 1 is 0.818 bits per heavy atom. The molecule has 0 unspecified atom stereocenters. The molecule has 0 aromatic heterocycles. The summed E-state index contributed by atoms with van der Waals surface area (Å²) in [5, 5.41) is 11.2. The average molecular weight is 457 g/mol. The molecule has 1 N–H and O–H groups in total. The molecule has 2 heterocycles. The fourth-order valence-electron chi connectivity index (χ4n) is 10.2. The molecule has 186 valence electrons. The summed E-state index contributed by atoms with van der Waals surface area (Å²) in [5.41, 5.74) is 0.269. The van der Waals surface area contributed by atoms with Crippen LogP contribution >= 0.6 is 0 Å². The van der Waals surface area contributed by atoms with Crippen LogP contribution in [0.15, 0.2) is 0 Å². The number of likely N-dealkylation sites (tertiary alicyclic amines) is 2. The van der Waals surface area contributed by atoms with Gasteiger partial charge >= 0.3 is 0 Å². The molecule has 0 spiro atoms. The van der Waals surface area contributed by atoms with Crippen molar-refractivity contribution < 1.29 is 9.90 Å². The molecule has 0 bridgehead atoms. The molecule has 6 fully saturated rings. The number of ketones is 1. The van der Waals surface area contributed by atoms with Gasteiger partial charge in [0.2, 0.25) is 0 Å². The van der Waals surface area contributed by atoms with Gasteiger partial charge in [0.1, 0.15) is 0 Å². The van der Waals surface area contributed by atoms with Crippen molar-refractivity contribution in [3.05, 3.63) is 0 Å². The predicted octanol–water partition coefficient (Wildman–Crippen LogP) is 4.89. The predicted molar refractivity (Wildman–Crippen MR) is 132 cm³/mol. The summed E-state index contributed by atoms with van der Waals surface area (Å²) >= 11 is 0. The van der Waals surface area contributed by atoms with Crippen LogP contribution in [0.1, 0.15) is 97.3 Å². The van der Waals surface area contributed by atoms with E-state index in [1.165, 1.54) is 77.3 Å². The Morgan fingerprint density at radius 2 is 1.48 bits per heavy atom. The van der Waals surface area contributed by atoms with E-state index in [4.69, 9.17) is 0 Å². The summed E-state index contributed by atoms with van der Waals surface area (Å²) in [4.78, 5) is 19.0. The SMILES string of the molecule is C[C@]12C[C@H](N3CCCCC3)[C@@H](O)C[C@@H]1CC[C@@H]1[C@@H]2CC[C@]2(C)C(=O)[C@@H](N3CCCCC3)C[C@@H]12. The normalized spacial score (nSPS) is 51.6. The van der Waals surface area contributed by atoms with Crippen molar-refractivity contribution in [2.24, 2.45) is 34.5 Å². The van der Waals surface area contributed by atoms with E-state index in [1.54, 1.807) is 0 Å². The second-order valence-electron chi connectivity index (χ2n) is 13.5. The van der Waals surface area contributed by atoms with Crippen molar-refractivity contribution in [3.63, 3.8) is 0 Å². The van der Waals surface area contributed by atoms with E-state index in [9.17, 15) is 9.90 Å². The van der Waals surface area contributed by atoms with E-state index in [2.05, 4.69) is 23.6 Å². The highest BCUT2D eigenvalue weighted by atomic mass is 16.3. The lowest BCUT2D eigenvalue weighted by Crippen LogP contribution is -2.60. The maximum Gasteiger partial charge on any atom is 0.156 e. The highest BCUT2D eigenvalue weighted by Crippen LogP contribution is 2.66. The first-order valence-electron chi connectivity index (χ1n) is 14.6. The average Bonchev–Trinajstić information content (AvgIpc) is 3.11. The van der Waals surface area contributed by atoms with E-state index in [-0.39, 0.29) is 17.6 Å². The largest absolute Gasteiger partial charge is 0.391 e. The zero-order valence-corrected chi connectivity index (χ0v) is 21.3. The molecule has 2 saturated heterocycles. The van der Waals surface area contributed by atoms with Gasteiger partial charge in [-0.25, -0.2) is 0 Å². The number of fused-ring (bicyclic) bond motifs is 5. The molecule has 0 radical (unpaired) electrons. The van der Waals surface area contributed by atoms with Crippen LogP contribution in [-0.2, 0) is 4.79 Å². The molecule has 4 aliphatic carbocycles. The molecule has 9 atom stereocenters. The van der Waals surface area contributed by atoms with Gasteiger partial charge in [-0.2, -0.15) is 0 Å². The van der Waals surface area contributed by atoms with Gasteiger partial charge in [0.05, 0.1) is 12.1 Å². The number of aliphatic hydroxyl groups excluding tert-OH is 1. The molecule has 33 heavy (non-hydrogen) atoms. The molecule has 4 nitrogen and oxygen atoms in total. The molecule has 6 aliphatic rings. The van der Waals surface area contributed by atoms with Crippen molar-refractivity contribution in [2.45, 2.75) is 116 Å². The minimum Gasteiger partial charge on any atom is -0.391 e. The monoisotopic (exact) mass is 456 g/mol. The van der Waals surface area contributed by atoms with E-state index in [0.717, 1.165) is 44.2 Å². The van der Waals surface area contributed by atoms with Crippen molar-refractivity contribution in [1.29, 1.82) is 0 Å². The van der Waals surface area contributed by atoms with Crippen LogP contribution in [0, 0.1) is 34.5 Å². The summed E-state index contributed by atoms with van der Waals surface area (Å²) in [5.74, 6) is 3.34. The van der Waals surface area contributed by atoms with Gasteiger partial charge in [-0.3, -0.25) is 14.6 Å². The number of Topliss-reactive ketones (excluding diaryl/α,β-unsaturated/α-hetero) is 1. The Kier molecular flexibility index (Phi) is 5.98.